The van der Waals surface area contributed by atoms with Gasteiger partial charge in [-0.3, -0.25) is 0 Å². The molecule has 2 aromatic rings. The van der Waals surface area contributed by atoms with Crippen molar-refractivity contribution in [2.75, 3.05) is 0 Å². The van der Waals surface area contributed by atoms with E-state index in [1.165, 1.54) is 16.7 Å². The van der Waals surface area contributed by atoms with Gasteiger partial charge < -0.3 is 5.73 Å². The molecule has 2 rings (SSSR count). The Morgan fingerprint density at radius 2 is 1.60 bits per heavy atom. The van der Waals surface area contributed by atoms with Crippen molar-refractivity contribution in [3.63, 3.8) is 0 Å². The Labute approximate surface area is 120 Å². The van der Waals surface area contributed by atoms with Gasteiger partial charge in [0.2, 0.25) is 0 Å². The summed E-state index contributed by atoms with van der Waals surface area (Å²) in [6.45, 7) is 7.91. The zero-order valence-electron chi connectivity index (χ0n) is 12.6. The predicted molar refractivity (Wildman–Crippen MR) is 82.3 cm³/mol. The molecule has 0 heterocycles. The van der Waals surface area contributed by atoms with Gasteiger partial charge >= 0.3 is 0 Å². The minimum Gasteiger partial charge on any atom is -0.321 e. The number of nitrogens with two attached hydrogens (primary N) is 1. The maximum atomic E-state index is 13.8. The number of rotatable bonds is 3. The SMILES string of the molecule is Cc1ccc(C(C)(N)Cc2c(C)cccc2C)cc1F. The van der Waals surface area contributed by atoms with Crippen LogP contribution in [0.1, 0.15) is 34.7 Å². The highest BCUT2D eigenvalue weighted by Gasteiger charge is 2.24. The van der Waals surface area contributed by atoms with E-state index in [1.807, 2.05) is 19.1 Å². The smallest absolute Gasteiger partial charge is 0.126 e. The molecule has 2 N–H and O–H groups in total. The maximum Gasteiger partial charge on any atom is 0.126 e. The van der Waals surface area contributed by atoms with Crippen molar-refractivity contribution < 1.29 is 4.39 Å². The third kappa shape index (κ3) is 2.91. The molecular weight excluding hydrogens is 249 g/mol. The van der Waals surface area contributed by atoms with Gasteiger partial charge in [0.05, 0.1) is 0 Å². The summed E-state index contributed by atoms with van der Waals surface area (Å²) >= 11 is 0. The lowest BCUT2D eigenvalue weighted by Gasteiger charge is -2.27. The molecule has 1 nitrogen and oxygen atoms in total. The zero-order chi connectivity index (χ0) is 14.9. The third-order valence-electron chi connectivity index (χ3n) is 4.02. The van der Waals surface area contributed by atoms with Gasteiger partial charge in [-0.15, -0.1) is 0 Å². The van der Waals surface area contributed by atoms with Gasteiger partial charge in [-0.05, 0) is 68.0 Å². The van der Waals surface area contributed by atoms with Crippen LogP contribution in [0.3, 0.4) is 0 Å². The van der Waals surface area contributed by atoms with Crippen molar-refractivity contribution in [3.8, 4) is 0 Å². The summed E-state index contributed by atoms with van der Waals surface area (Å²) in [6, 6.07) is 11.5. The van der Waals surface area contributed by atoms with Crippen LogP contribution in [0.5, 0.6) is 0 Å². The molecule has 2 aromatic carbocycles. The Morgan fingerprint density at radius 1 is 1.00 bits per heavy atom. The normalized spacial score (nSPS) is 14.1. The third-order valence-corrected chi connectivity index (χ3v) is 4.02. The highest BCUT2D eigenvalue weighted by Crippen LogP contribution is 2.27. The van der Waals surface area contributed by atoms with Crippen molar-refractivity contribution in [2.24, 2.45) is 5.73 Å². The van der Waals surface area contributed by atoms with Gasteiger partial charge in [0, 0.05) is 5.54 Å². The summed E-state index contributed by atoms with van der Waals surface area (Å²) in [5, 5.41) is 0. The van der Waals surface area contributed by atoms with Crippen LogP contribution in [0.2, 0.25) is 0 Å². The van der Waals surface area contributed by atoms with E-state index in [9.17, 15) is 4.39 Å². The summed E-state index contributed by atoms with van der Waals surface area (Å²) in [7, 11) is 0. The minimum atomic E-state index is -0.578. The molecule has 0 aliphatic heterocycles. The van der Waals surface area contributed by atoms with Crippen LogP contribution in [0.4, 0.5) is 4.39 Å². The number of halogens is 1. The maximum absolute atomic E-state index is 13.8. The van der Waals surface area contributed by atoms with E-state index in [0.29, 0.717) is 12.0 Å². The fourth-order valence-corrected chi connectivity index (χ4v) is 2.55. The van der Waals surface area contributed by atoms with E-state index in [2.05, 4.69) is 26.0 Å². The van der Waals surface area contributed by atoms with Crippen LogP contribution in [-0.2, 0) is 12.0 Å². The van der Waals surface area contributed by atoms with Crippen molar-refractivity contribution in [1.82, 2.24) is 0 Å². The largest absolute Gasteiger partial charge is 0.321 e. The molecule has 0 aliphatic rings. The van der Waals surface area contributed by atoms with E-state index in [1.54, 1.807) is 19.1 Å². The summed E-state index contributed by atoms with van der Waals surface area (Å²) in [4.78, 5) is 0. The number of benzene rings is 2. The van der Waals surface area contributed by atoms with Crippen LogP contribution in [-0.4, -0.2) is 0 Å². The van der Waals surface area contributed by atoms with Crippen LogP contribution < -0.4 is 5.73 Å². The average Bonchev–Trinajstić information content (AvgIpc) is 2.37. The summed E-state index contributed by atoms with van der Waals surface area (Å²) in [6.07, 6.45) is 0.702. The molecule has 0 aromatic heterocycles. The van der Waals surface area contributed by atoms with Gasteiger partial charge in [-0.2, -0.15) is 0 Å². The fourth-order valence-electron chi connectivity index (χ4n) is 2.55. The highest BCUT2D eigenvalue weighted by molar-refractivity contribution is 5.37. The number of hydrogen-bond donors (Lipinski definition) is 1. The van der Waals surface area contributed by atoms with E-state index >= 15 is 0 Å². The number of aryl methyl sites for hydroxylation is 3. The molecule has 0 saturated carbocycles. The van der Waals surface area contributed by atoms with Crippen LogP contribution in [0.25, 0.3) is 0 Å². The second-order valence-electron chi connectivity index (χ2n) is 5.93. The lowest BCUT2D eigenvalue weighted by Crippen LogP contribution is -2.36. The van der Waals surface area contributed by atoms with E-state index in [-0.39, 0.29) is 5.82 Å². The Hall–Kier alpha value is -1.67. The van der Waals surface area contributed by atoms with Gasteiger partial charge in [0.1, 0.15) is 5.82 Å². The van der Waals surface area contributed by atoms with Gasteiger partial charge in [-0.1, -0.05) is 30.3 Å². The Morgan fingerprint density at radius 3 is 2.15 bits per heavy atom. The molecule has 1 atom stereocenters. The van der Waals surface area contributed by atoms with Gasteiger partial charge in [-0.25, -0.2) is 4.39 Å². The van der Waals surface area contributed by atoms with E-state index in [4.69, 9.17) is 5.73 Å². The van der Waals surface area contributed by atoms with Crippen LogP contribution in [0, 0.1) is 26.6 Å². The molecule has 106 valence electrons. The molecule has 0 radical (unpaired) electrons. The average molecular weight is 271 g/mol. The van der Waals surface area contributed by atoms with Crippen LogP contribution in [0.15, 0.2) is 36.4 Å². The van der Waals surface area contributed by atoms with Crippen molar-refractivity contribution in [1.29, 1.82) is 0 Å². The van der Waals surface area contributed by atoms with E-state index in [0.717, 1.165) is 5.56 Å². The van der Waals surface area contributed by atoms with Crippen molar-refractivity contribution in [2.45, 2.75) is 39.7 Å². The zero-order valence-corrected chi connectivity index (χ0v) is 12.6. The Bertz CT molecular complexity index is 609. The first kappa shape index (κ1) is 14.7. The van der Waals surface area contributed by atoms with Crippen LogP contribution >= 0.6 is 0 Å². The van der Waals surface area contributed by atoms with Crippen molar-refractivity contribution in [3.05, 3.63) is 70.0 Å². The van der Waals surface area contributed by atoms with E-state index < -0.39 is 5.54 Å². The molecule has 1 unspecified atom stereocenters. The molecule has 0 bridgehead atoms. The molecular formula is C18H22FN. The molecule has 0 amide bonds. The first-order valence-corrected chi connectivity index (χ1v) is 6.92. The molecule has 20 heavy (non-hydrogen) atoms. The van der Waals surface area contributed by atoms with Gasteiger partial charge in [0.25, 0.3) is 0 Å². The number of hydrogen-bond acceptors (Lipinski definition) is 1. The second-order valence-corrected chi connectivity index (χ2v) is 5.93. The predicted octanol–water partition coefficient (Wildman–Crippen LogP) is 4.17. The molecule has 2 heteroatoms. The van der Waals surface area contributed by atoms with Crippen molar-refractivity contribution >= 4 is 0 Å². The first-order chi connectivity index (χ1) is 9.31. The topological polar surface area (TPSA) is 26.0 Å². The monoisotopic (exact) mass is 271 g/mol. The molecule has 0 aliphatic carbocycles. The fraction of sp³-hybridized carbons (Fsp3) is 0.333. The summed E-state index contributed by atoms with van der Waals surface area (Å²) < 4.78 is 13.8. The minimum absolute atomic E-state index is 0.194. The molecule has 0 saturated heterocycles. The Kier molecular flexibility index (Phi) is 3.96. The highest BCUT2D eigenvalue weighted by atomic mass is 19.1. The second kappa shape index (κ2) is 5.37. The standard InChI is InChI=1S/C18H22FN/c1-12-6-5-7-13(2)16(12)11-18(4,20)15-9-8-14(3)17(19)10-15/h5-10H,11,20H2,1-4H3. The lowest BCUT2D eigenvalue weighted by molar-refractivity contribution is 0.483. The quantitative estimate of drug-likeness (QED) is 0.891. The molecule has 0 fully saturated rings. The molecule has 0 spiro atoms. The Balaban J connectivity index is 2.37. The summed E-state index contributed by atoms with van der Waals surface area (Å²) in [5.74, 6) is -0.194. The van der Waals surface area contributed by atoms with Gasteiger partial charge in [0.15, 0.2) is 0 Å². The first-order valence-electron chi connectivity index (χ1n) is 6.92. The lowest BCUT2D eigenvalue weighted by atomic mass is 9.83. The summed E-state index contributed by atoms with van der Waals surface area (Å²) in [5.41, 5.74) is 11.1.